The maximum atomic E-state index is 12.3. The van der Waals surface area contributed by atoms with E-state index in [1.807, 2.05) is 0 Å². The maximum absolute atomic E-state index is 12.3. The van der Waals surface area contributed by atoms with Crippen LogP contribution in [0.2, 0.25) is 5.02 Å². The van der Waals surface area contributed by atoms with Crippen molar-refractivity contribution in [3.05, 3.63) is 34.9 Å². The van der Waals surface area contributed by atoms with Crippen molar-refractivity contribution in [1.29, 1.82) is 0 Å². The van der Waals surface area contributed by atoms with Crippen LogP contribution in [0.3, 0.4) is 0 Å². The van der Waals surface area contributed by atoms with Crippen LogP contribution in [0.15, 0.2) is 24.3 Å². The molecule has 0 saturated carbocycles. The Morgan fingerprint density at radius 1 is 1.37 bits per heavy atom. The van der Waals surface area contributed by atoms with E-state index in [9.17, 15) is 4.79 Å². The van der Waals surface area contributed by atoms with Gasteiger partial charge in [0.1, 0.15) is 0 Å². The summed E-state index contributed by atoms with van der Waals surface area (Å²) in [7, 11) is 1.60. The zero-order valence-electron chi connectivity index (χ0n) is 10.8. The molecule has 104 valence electrons. The number of ether oxygens (including phenoxy) is 1. The van der Waals surface area contributed by atoms with E-state index < -0.39 is 0 Å². The normalized spacial score (nSPS) is 10.2. The molecular weight excluding hydrogens is 284 g/mol. The van der Waals surface area contributed by atoms with Crippen molar-refractivity contribution in [2.45, 2.75) is 6.42 Å². The monoisotopic (exact) mass is 300 g/mol. The largest absolute Gasteiger partial charge is 0.393 e. The van der Waals surface area contributed by atoms with Gasteiger partial charge in [0.05, 0.1) is 11.6 Å². The van der Waals surface area contributed by atoms with Crippen LogP contribution in [0.25, 0.3) is 0 Å². The minimum Gasteiger partial charge on any atom is -0.393 e. The smallest absolute Gasteiger partial charge is 0.253 e. The Hall–Kier alpha value is -1.17. The Kier molecular flexibility index (Phi) is 6.77. The fourth-order valence-electron chi connectivity index (χ4n) is 1.54. The molecule has 0 aliphatic rings. The molecule has 0 radical (unpaired) electrons. The number of halogens is 1. The number of carbonyl (C=O) groups excluding carboxylic acids is 1. The van der Waals surface area contributed by atoms with Gasteiger partial charge in [0.15, 0.2) is 0 Å². The van der Waals surface area contributed by atoms with Crippen molar-refractivity contribution >= 4 is 34.7 Å². The van der Waals surface area contributed by atoms with Crippen LogP contribution < -0.4 is 5.73 Å². The Bertz CT molecular complexity index is 437. The Morgan fingerprint density at radius 3 is 2.53 bits per heavy atom. The van der Waals surface area contributed by atoms with Gasteiger partial charge in [-0.05, 0) is 24.3 Å². The summed E-state index contributed by atoms with van der Waals surface area (Å²) in [6, 6.07) is 6.78. The van der Waals surface area contributed by atoms with Gasteiger partial charge in [0.25, 0.3) is 5.91 Å². The molecular formula is C13H17ClN2O2S. The standard InChI is InChI=1S/C13H17ClN2O2S/c1-18-9-8-16(7-6-12(15)19)13(17)10-2-4-11(14)5-3-10/h2-5H,6-9H2,1H3,(H2,15,19). The van der Waals surface area contributed by atoms with E-state index in [1.54, 1.807) is 36.3 Å². The van der Waals surface area contributed by atoms with Crippen molar-refractivity contribution in [1.82, 2.24) is 4.90 Å². The summed E-state index contributed by atoms with van der Waals surface area (Å²) in [5.74, 6) is -0.0787. The van der Waals surface area contributed by atoms with Gasteiger partial charge < -0.3 is 15.4 Å². The van der Waals surface area contributed by atoms with E-state index in [2.05, 4.69) is 0 Å². The lowest BCUT2D eigenvalue weighted by Gasteiger charge is -2.22. The highest BCUT2D eigenvalue weighted by atomic mass is 35.5. The minimum atomic E-state index is -0.0787. The van der Waals surface area contributed by atoms with Crippen molar-refractivity contribution in [2.75, 3.05) is 26.8 Å². The molecule has 0 heterocycles. The summed E-state index contributed by atoms with van der Waals surface area (Å²) < 4.78 is 5.01. The molecule has 1 aromatic rings. The minimum absolute atomic E-state index is 0.0787. The first-order valence-electron chi connectivity index (χ1n) is 5.86. The Labute approximate surface area is 123 Å². The van der Waals surface area contributed by atoms with E-state index in [-0.39, 0.29) is 5.91 Å². The second-order valence-corrected chi connectivity index (χ2v) is 4.97. The fraction of sp³-hybridized carbons (Fsp3) is 0.385. The molecule has 4 nitrogen and oxygen atoms in total. The predicted octanol–water partition coefficient (Wildman–Crippen LogP) is 2.10. The molecule has 1 rings (SSSR count). The van der Waals surface area contributed by atoms with E-state index in [0.29, 0.717) is 41.7 Å². The third-order valence-electron chi connectivity index (χ3n) is 2.57. The Balaban J connectivity index is 2.74. The van der Waals surface area contributed by atoms with Crippen LogP contribution in [0, 0.1) is 0 Å². The number of hydrogen-bond acceptors (Lipinski definition) is 3. The van der Waals surface area contributed by atoms with Gasteiger partial charge in [-0.2, -0.15) is 0 Å². The molecule has 2 N–H and O–H groups in total. The molecule has 0 unspecified atom stereocenters. The molecule has 0 aliphatic heterocycles. The van der Waals surface area contributed by atoms with E-state index in [1.165, 1.54) is 0 Å². The van der Waals surface area contributed by atoms with Gasteiger partial charge in [0, 0.05) is 37.2 Å². The van der Waals surface area contributed by atoms with Gasteiger partial charge in [0.2, 0.25) is 0 Å². The number of nitrogens with zero attached hydrogens (tertiary/aromatic N) is 1. The zero-order valence-corrected chi connectivity index (χ0v) is 12.3. The van der Waals surface area contributed by atoms with Gasteiger partial charge in [-0.3, -0.25) is 4.79 Å². The third kappa shape index (κ3) is 5.55. The molecule has 1 amide bonds. The summed E-state index contributed by atoms with van der Waals surface area (Å²) in [5, 5.41) is 0.600. The topological polar surface area (TPSA) is 55.6 Å². The number of methoxy groups -OCH3 is 1. The lowest BCUT2D eigenvalue weighted by molar-refractivity contribution is 0.0701. The van der Waals surface area contributed by atoms with Crippen molar-refractivity contribution in [2.24, 2.45) is 5.73 Å². The summed E-state index contributed by atoms with van der Waals surface area (Å²) >= 11 is 10.6. The summed E-state index contributed by atoms with van der Waals surface area (Å²) in [6.07, 6.45) is 0.498. The van der Waals surface area contributed by atoms with Crippen LogP contribution in [0.4, 0.5) is 0 Å². The van der Waals surface area contributed by atoms with Crippen LogP contribution in [0.1, 0.15) is 16.8 Å². The first-order valence-corrected chi connectivity index (χ1v) is 6.65. The molecule has 0 bridgehead atoms. The zero-order chi connectivity index (χ0) is 14.3. The third-order valence-corrected chi connectivity index (χ3v) is 3.03. The SMILES string of the molecule is COCCN(CCC(N)=S)C(=O)c1ccc(Cl)cc1. The summed E-state index contributed by atoms with van der Waals surface area (Å²) in [5.41, 5.74) is 6.06. The average Bonchev–Trinajstić information content (AvgIpc) is 2.39. The molecule has 0 saturated heterocycles. The quantitative estimate of drug-likeness (QED) is 0.784. The highest BCUT2D eigenvalue weighted by molar-refractivity contribution is 7.80. The van der Waals surface area contributed by atoms with Crippen LogP contribution in [-0.2, 0) is 4.74 Å². The lowest BCUT2D eigenvalue weighted by Crippen LogP contribution is -2.36. The number of rotatable bonds is 7. The lowest BCUT2D eigenvalue weighted by atomic mass is 10.2. The number of benzene rings is 1. The molecule has 1 aromatic carbocycles. The first-order chi connectivity index (χ1) is 9.04. The molecule has 0 aliphatic carbocycles. The van der Waals surface area contributed by atoms with Crippen LogP contribution in [-0.4, -0.2) is 42.6 Å². The van der Waals surface area contributed by atoms with Crippen molar-refractivity contribution < 1.29 is 9.53 Å². The van der Waals surface area contributed by atoms with Crippen molar-refractivity contribution in [3.8, 4) is 0 Å². The summed E-state index contributed by atoms with van der Waals surface area (Å²) in [4.78, 5) is 14.4. The fourth-order valence-corrected chi connectivity index (χ4v) is 1.75. The summed E-state index contributed by atoms with van der Waals surface area (Å²) in [6.45, 7) is 1.46. The Morgan fingerprint density at radius 2 is 2.00 bits per heavy atom. The van der Waals surface area contributed by atoms with Gasteiger partial charge in [-0.25, -0.2) is 0 Å². The van der Waals surface area contributed by atoms with Crippen LogP contribution >= 0.6 is 23.8 Å². The van der Waals surface area contributed by atoms with Gasteiger partial charge in [-0.15, -0.1) is 0 Å². The van der Waals surface area contributed by atoms with Crippen molar-refractivity contribution in [3.63, 3.8) is 0 Å². The molecule has 0 aromatic heterocycles. The molecule has 19 heavy (non-hydrogen) atoms. The van der Waals surface area contributed by atoms with Gasteiger partial charge >= 0.3 is 0 Å². The molecule has 0 fully saturated rings. The highest BCUT2D eigenvalue weighted by Gasteiger charge is 2.15. The number of thiocarbonyl (C=S) groups is 1. The number of amides is 1. The molecule has 0 spiro atoms. The number of hydrogen-bond donors (Lipinski definition) is 1. The van der Waals surface area contributed by atoms with E-state index in [0.717, 1.165) is 0 Å². The van der Waals surface area contributed by atoms with Gasteiger partial charge in [-0.1, -0.05) is 23.8 Å². The first kappa shape index (κ1) is 15.9. The maximum Gasteiger partial charge on any atom is 0.253 e. The van der Waals surface area contributed by atoms with E-state index >= 15 is 0 Å². The average molecular weight is 301 g/mol. The number of nitrogens with two attached hydrogens (primary N) is 1. The highest BCUT2D eigenvalue weighted by Crippen LogP contribution is 2.12. The predicted molar refractivity (Wildman–Crippen MR) is 80.6 cm³/mol. The second kappa shape index (κ2) is 8.09. The van der Waals surface area contributed by atoms with E-state index in [4.69, 9.17) is 34.3 Å². The number of carbonyl (C=O) groups is 1. The second-order valence-electron chi connectivity index (χ2n) is 4.01. The molecule has 6 heteroatoms. The molecule has 0 atom stereocenters. The van der Waals surface area contributed by atoms with Crippen LogP contribution in [0.5, 0.6) is 0 Å².